The van der Waals surface area contributed by atoms with Gasteiger partial charge in [0.25, 0.3) is 0 Å². The van der Waals surface area contributed by atoms with Crippen LogP contribution in [0, 0.1) is 12.8 Å². The van der Waals surface area contributed by atoms with Crippen molar-refractivity contribution in [2.24, 2.45) is 5.92 Å². The number of nitrogens with one attached hydrogen (secondary N) is 1. The molecule has 2 aromatic carbocycles. The van der Waals surface area contributed by atoms with Crippen molar-refractivity contribution in [1.29, 1.82) is 0 Å². The van der Waals surface area contributed by atoms with Gasteiger partial charge < -0.3 is 9.47 Å². The number of rotatable bonds is 5. The molecule has 1 aliphatic rings. The van der Waals surface area contributed by atoms with Gasteiger partial charge >= 0.3 is 5.97 Å². The fraction of sp³-hybridized carbons (Fsp3) is 0.364. The largest absolute Gasteiger partial charge is 0.496 e. The van der Waals surface area contributed by atoms with Gasteiger partial charge in [0, 0.05) is 23.1 Å². The summed E-state index contributed by atoms with van der Waals surface area (Å²) in [6.07, 6.45) is 0.356. The number of hydrogen-bond acceptors (Lipinski definition) is 5. The second-order valence-corrected chi connectivity index (χ2v) is 7.23. The third kappa shape index (κ3) is 3.60. The predicted octanol–water partition coefficient (Wildman–Crippen LogP) is 3.47. The van der Waals surface area contributed by atoms with Crippen LogP contribution in [0.3, 0.4) is 0 Å². The van der Waals surface area contributed by atoms with Gasteiger partial charge in [-0.3, -0.25) is 14.9 Å². The van der Waals surface area contributed by atoms with E-state index in [1.54, 1.807) is 14.0 Å². The van der Waals surface area contributed by atoms with Gasteiger partial charge in [-0.25, -0.2) is 0 Å². The lowest BCUT2D eigenvalue weighted by Gasteiger charge is -2.23. The third-order valence-electron chi connectivity index (χ3n) is 5.29. The molecule has 0 radical (unpaired) electrons. The van der Waals surface area contributed by atoms with E-state index in [0.29, 0.717) is 17.7 Å². The molecule has 1 N–H and O–H groups in total. The highest BCUT2D eigenvalue weighted by Crippen LogP contribution is 2.43. The fourth-order valence-electron chi connectivity index (χ4n) is 3.82. The van der Waals surface area contributed by atoms with Gasteiger partial charge in [-0.15, -0.1) is 0 Å². The van der Waals surface area contributed by atoms with Crippen LogP contribution >= 0.6 is 0 Å². The van der Waals surface area contributed by atoms with E-state index in [1.807, 2.05) is 55.5 Å². The number of carbonyl (C=O) groups excluding carboxylic acids is 2. The van der Waals surface area contributed by atoms with Crippen LogP contribution in [0.4, 0.5) is 0 Å². The van der Waals surface area contributed by atoms with Gasteiger partial charge in [-0.05, 0) is 26.3 Å². The number of para-hydroxylation sites is 1. The molecular formula is C22H25NO4. The molecule has 1 aliphatic heterocycles. The summed E-state index contributed by atoms with van der Waals surface area (Å²) in [5.41, 5.74) is 1.65. The summed E-state index contributed by atoms with van der Waals surface area (Å²) < 4.78 is 10.5. The average molecular weight is 367 g/mol. The molecule has 0 saturated carbocycles. The van der Waals surface area contributed by atoms with Crippen LogP contribution in [0.5, 0.6) is 5.75 Å². The third-order valence-corrected chi connectivity index (χ3v) is 5.29. The number of hydrogen-bond donors (Lipinski definition) is 1. The quantitative estimate of drug-likeness (QED) is 0.648. The molecule has 0 unspecified atom stereocenters. The van der Waals surface area contributed by atoms with Gasteiger partial charge in [0.2, 0.25) is 0 Å². The van der Waals surface area contributed by atoms with E-state index in [0.717, 1.165) is 11.1 Å². The number of benzene rings is 2. The van der Waals surface area contributed by atoms with E-state index in [9.17, 15) is 9.59 Å². The molecule has 5 nitrogen and oxygen atoms in total. The highest BCUT2D eigenvalue weighted by Gasteiger charge is 2.51. The maximum Gasteiger partial charge on any atom is 0.325 e. The van der Waals surface area contributed by atoms with Crippen LogP contribution in [0.2, 0.25) is 0 Å². The van der Waals surface area contributed by atoms with Crippen molar-refractivity contribution in [3.8, 4) is 5.75 Å². The second kappa shape index (κ2) is 7.53. The van der Waals surface area contributed by atoms with Crippen LogP contribution in [0.15, 0.2) is 48.5 Å². The van der Waals surface area contributed by atoms with Crippen molar-refractivity contribution >= 4 is 11.8 Å². The number of Topliss-reactive ketones (excluding diaryl/α,β-unsaturated/α-hetero) is 1. The first-order valence-electron chi connectivity index (χ1n) is 8.99. The van der Waals surface area contributed by atoms with Crippen molar-refractivity contribution in [3.63, 3.8) is 0 Å². The Morgan fingerprint density at radius 2 is 1.74 bits per heavy atom. The van der Waals surface area contributed by atoms with E-state index in [2.05, 4.69) is 5.32 Å². The minimum Gasteiger partial charge on any atom is -0.496 e. The molecule has 3 atom stereocenters. The first kappa shape index (κ1) is 19.1. The second-order valence-electron chi connectivity index (χ2n) is 7.23. The van der Waals surface area contributed by atoms with Crippen molar-refractivity contribution < 1.29 is 19.1 Å². The molecule has 142 valence electrons. The summed E-state index contributed by atoms with van der Waals surface area (Å²) in [5.74, 6) is -0.0911. The zero-order chi connectivity index (χ0) is 19.6. The number of esters is 1. The molecule has 5 heteroatoms. The maximum atomic E-state index is 13.3. The lowest BCUT2D eigenvalue weighted by atomic mass is 9.84. The summed E-state index contributed by atoms with van der Waals surface area (Å²) in [5, 5.41) is 3.35. The Morgan fingerprint density at radius 1 is 1.07 bits per heavy atom. The SMILES string of the molecule is COC(=O)[C@@]1(C)C[C@@H](C(=O)c2ccc(C)cc2)[C@@H](c2ccccc2OC)N1. The van der Waals surface area contributed by atoms with Gasteiger partial charge in [0.1, 0.15) is 11.3 Å². The Bertz CT molecular complexity index is 846. The lowest BCUT2D eigenvalue weighted by molar-refractivity contribution is -0.147. The zero-order valence-corrected chi connectivity index (χ0v) is 16.1. The van der Waals surface area contributed by atoms with Crippen LogP contribution in [0.1, 0.15) is 40.9 Å². The van der Waals surface area contributed by atoms with E-state index in [-0.39, 0.29) is 17.8 Å². The Labute approximate surface area is 159 Å². The van der Waals surface area contributed by atoms with Crippen LogP contribution < -0.4 is 10.1 Å². The van der Waals surface area contributed by atoms with Gasteiger partial charge in [-0.1, -0.05) is 48.0 Å². The normalized spacial score (nSPS) is 24.4. The Kier molecular flexibility index (Phi) is 5.33. The predicted molar refractivity (Wildman–Crippen MR) is 103 cm³/mol. The van der Waals surface area contributed by atoms with Crippen molar-refractivity contribution in [1.82, 2.24) is 5.32 Å². The number of methoxy groups -OCH3 is 2. The van der Waals surface area contributed by atoms with Crippen molar-refractivity contribution in [2.45, 2.75) is 31.8 Å². The molecule has 2 aromatic rings. The summed E-state index contributed by atoms with van der Waals surface area (Å²) in [4.78, 5) is 25.7. The number of carbonyl (C=O) groups is 2. The molecule has 0 amide bonds. The summed E-state index contributed by atoms with van der Waals surface area (Å²) in [6.45, 7) is 3.76. The van der Waals surface area contributed by atoms with Crippen molar-refractivity contribution in [3.05, 3.63) is 65.2 Å². The number of aryl methyl sites for hydroxylation is 1. The lowest BCUT2D eigenvalue weighted by Crippen LogP contribution is -2.46. The minimum absolute atomic E-state index is 0.00559. The summed E-state index contributed by atoms with van der Waals surface area (Å²) in [6, 6.07) is 14.7. The van der Waals surface area contributed by atoms with E-state index < -0.39 is 11.5 Å². The molecule has 0 aromatic heterocycles. The van der Waals surface area contributed by atoms with E-state index in [1.165, 1.54) is 7.11 Å². The fourth-order valence-corrected chi connectivity index (χ4v) is 3.82. The Morgan fingerprint density at radius 3 is 2.37 bits per heavy atom. The summed E-state index contributed by atoms with van der Waals surface area (Å²) >= 11 is 0. The maximum absolute atomic E-state index is 13.3. The smallest absolute Gasteiger partial charge is 0.325 e. The molecule has 0 aliphatic carbocycles. The molecule has 27 heavy (non-hydrogen) atoms. The molecule has 0 spiro atoms. The number of ketones is 1. The summed E-state index contributed by atoms with van der Waals surface area (Å²) in [7, 11) is 2.96. The zero-order valence-electron chi connectivity index (χ0n) is 16.1. The highest BCUT2D eigenvalue weighted by atomic mass is 16.5. The first-order chi connectivity index (χ1) is 12.9. The monoisotopic (exact) mass is 367 g/mol. The number of ether oxygens (including phenoxy) is 2. The van der Waals surface area contributed by atoms with Crippen LogP contribution in [-0.2, 0) is 9.53 Å². The molecule has 1 fully saturated rings. The average Bonchev–Trinajstić information content (AvgIpc) is 3.06. The minimum atomic E-state index is -0.939. The Balaban J connectivity index is 2.03. The molecule has 1 saturated heterocycles. The molecule has 1 heterocycles. The first-order valence-corrected chi connectivity index (χ1v) is 8.99. The molecular weight excluding hydrogens is 342 g/mol. The van der Waals surface area contributed by atoms with Gasteiger partial charge in [-0.2, -0.15) is 0 Å². The molecule has 0 bridgehead atoms. The van der Waals surface area contributed by atoms with Gasteiger partial charge in [0.15, 0.2) is 5.78 Å². The van der Waals surface area contributed by atoms with Crippen molar-refractivity contribution in [2.75, 3.05) is 14.2 Å². The highest BCUT2D eigenvalue weighted by molar-refractivity contribution is 5.99. The molecule has 3 rings (SSSR count). The topological polar surface area (TPSA) is 64.6 Å². The van der Waals surface area contributed by atoms with Gasteiger partial charge in [0.05, 0.1) is 14.2 Å². The standard InChI is InChI=1S/C22H25NO4/c1-14-9-11-15(12-10-14)20(24)17-13-22(2,21(25)27-4)23-19(17)16-7-5-6-8-18(16)26-3/h5-12,17,19,23H,13H2,1-4H3/t17-,19-,22-/m1/s1. The van der Waals surface area contributed by atoms with Crippen LogP contribution in [-0.4, -0.2) is 31.5 Å². The van der Waals surface area contributed by atoms with E-state index in [4.69, 9.17) is 9.47 Å². The van der Waals surface area contributed by atoms with E-state index >= 15 is 0 Å². The van der Waals surface area contributed by atoms with Crippen LogP contribution in [0.25, 0.3) is 0 Å². The Hall–Kier alpha value is -2.66.